The lowest BCUT2D eigenvalue weighted by molar-refractivity contribution is -0.142. The summed E-state index contributed by atoms with van der Waals surface area (Å²) >= 11 is 3.54. The van der Waals surface area contributed by atoms with E-state index in [1.54, 1.807) is 11.8 Å². The Morgan fingerprint density at radius 3 is 1.74 bits per heavy atom. The van der Waals surface area contributed by atoms with Crippen LogP contribution in [-0.4, -0.2) is 23.6 Å². The zero-order chi connectivity index (χ0) is 25.1. The van der Waals surface area contributed by atoms with Crippen molar-refractivity contribution in [2.75, 3.05) is 12.4 Å². The molecule has 2 aromatic carbocycles. The molecule has 0 unspecified atom stereocenters. The lowest BCUT2D eigenvalue weighted by Crippen LogP contribution is -2.17. The fourth-order valence-electron chi connectivity index (χ4n) is 3.97. The van der Waals surface area contributed by atoms with E-state index in [1.165, 1.54) is 86.0 Å². The summed E-state index contributed by atoms with van der Waals surface area (Å²) in [7, 11) is 0. The van der Waals surface area contributed by atoms with Crippen LogP contribution in [-0.2, 0) is 9.53 Å². The Morgan fingerprint density at radius 2 is 1.17 bits per heavy atom. The van der Waals surface area contributed by atoms with Crippen molar-refractivity contribution in [2.45, 2.75) is 113 Å². The van der Waals surface area contributed by atoms with Crippen LogP contribution in [0.2, 0.25) is 0 Å². The van der Waals surface area contributed by atoms with Gasteiger partial charge in [0.25, 0.3) is 0 Å². The molecule has 0 aliphatic carbocycles. The third-order valence-electron chi connectivity index (χ3n) is 6.20. The van der Waals surface area contributed by atoms with Crippen LogP contribution >= 0.6 is 23.5 Å². The Hall–Kier alpha value is -1.39. The average molecular weight is 515 g/mol. The number of benzene rings is 2. The van der Waals surface area contributed by atoms with Crippen molar-refractivity contribution in [3.8, 4) is 11.1 Å². The fourth-order valence-corrected chi connectivity index (χ4v) is 5.75. The average Bonchev–Trinajstić information content (AvgIpc) is 2.88. The molecular weight excluding hydrogens is 468 g/mol. The molecule has 0 aromatic heterocycles. The van der Waals surface area contributed by atoms with Gasteiger partial charge in [0.15, 0.2) is 0 Å². The summed E-state index contributed by atoms with van der Waals surface area (Å²) in [4.78, 5) is 14.8. The number of rotatable bonds is 19. The van der Waals surface area contributed by atoms with Gasteiger partial charge in [-0.05, 0) is 60.9 Å². The van der Waals surface area contributed by atoms with Gasteiger partial charge >= 0.3 is 5.97 Å². The van der Waals surface area contributed by atoms with Crippen LogP contribution in [0.1, 0.15) is 97.8 Å². The van der Waals surface area contributed by atoms with Crippen molar-refractivity contribution in [3.05, 3.63) is 48.5 Å². The van der Waals surface area contributed by atoms with Crippen LogP contribution in [0.4, 0.5) is 0 Å². The van der Waals surface area contributed by atoms with Gasteiger partial charge in [0.2, 0.25) is 0 Å². The lowest BCUT2D eigenvalue weighted by Gasteiger charge is -2.12. The van der Waals surface area contributed by atoms with Crippen molar-refractivity contribution in [1.29, 1.82) is 0 Å². The summed E-state index contributed by atoms with van der Waals surface area (Å²) < 4.78 is 5.48. The summed E-state index contributed by atoms with van der Waals surface area (Å²) in [6.07, 6.45) is 15.3. The van der Waals surface area contributed by atoms with Crippen LogP contribution in [0, 0.1) is 0 Å². The number of esters is 1. The van der Waals surface area contributed by atoms with Gasteiger partial charge in [0.05, 0.1) is 6.61 Å². The van der Waals surface area contributed by atoms with Crippen LogP contribution in [0.5, 0.6) is 0 Å². The maximum absolute atomic E-state index is 12.3. The molecule has 0 aliphatic rings. The number of carbonyl (C=O) groups excluding carboxylic acids is 1. The summed E-state index contributed by atoms with van der Waals surface area (Å²) in [5, 5.41) is -0.191. The summed E-state index contributed by atoms with van der Waals surface area (Å²) in [6.45, 7) is 6.97. The number of hydrogen-bond acceptors (Lipinski definition) is 4. The Bertz CT molecular complexity index is 802. The van der Waals surface area contributed by atoms with Crippen molar-refractivity contribution < 1.29 is 9.53 Å². The second-order valence-corrected chi connectivity index (χ2v) is 11.9. The largest absolute Gasteiger partial charge is 0.465 e. The Kier molecular flexibility index (Phi) is 16.0. The van der Waals surface area contributed by atoms with Crippen molar-refractivity contribution in [1.82, 2.24) is 0 Å². The van der Waals surface area contributed by atoms with E-state index in [4.69, 9.17) is 4.74 Å². The van der Waals surface area contributed by atoms with Crippen LogP contribution < -0.4 is 0 Å². The Morgan fingerprint density at radius 1 is 0.686 bits per heavy atom. The molecule has 0 saturated heterocycles. The fraction of sp³-hybridized carbons (Fsp3) is 0.581. The zero-order valence-corrected chi connectivity index (χ0v) is 23.9. The van der Waals surface area contributed by atoms with Crippen molar-refractivity contribution in [2.24, 2.45) is 0 Å². The zero-order valence-electron chi connectivity index (χ0n) is 22.2. The van der Waals surface area contributed by atoms with Crippen LogP contribution in [0.15, 0.2) is 58.3 Å². The van der Waals surface area contributed by atoms with Crippen LogP contribution in [0.3, 0.4) is 0 Å². The topological polar surface area (TPSA) is 26.3 Å². The van der Waals surface area contributed by atoms with E-state index in [2.05, 4.69) is 62.4 Å². The smallest absolute Gasteiger partial charge is 0.319 e. The lowest BCUT2D eigenvalue weighted by atomic mass is 10.1. The minimum atomic E-state index is -0.191. The van der Waals surface area contributed by atoms with Gasteiger partial charge in [-0.3, -0.25) is 4.79 Å². The molecule has 4 heteroatoms. The van der Waals surface area contributed by atoms with Gasteiger partial charge < -0.3 is 4.74 Å². The van der Waals surface area contributed by atoms with Gasteiger partial charge in [0, 0.05) is 9.79 Å². The molecule has 0 bridgehead atoms. The Labute approximate surface area is 223 Å². The molecule has 0 N–H and O–H groups in total. The third kappa shape index (κ3) is 12.9. The van der Waals surface area contributed by atoms with E-state index < -0.39 is 0 Å². The summed E-state index contributed by atoms with van der Waals surface area (Å²) in [6, 6.07) is 17.4. The number of ether oxygens (including phenoxy) is 1. The standard InChI is InChI=1S/C31H46O2S2/c1-4-6-8-10-12-14-24-33-31(32)26(3)35-30-22-18-28(19-23-30)27-16-20-29(21-17-27)34-25-15-13-11-9-7-5-2/h16-23,26H,4-15,24-25H2,1-3H3/t26-/m1/s1. The van der Waals surface area contributed by atoms with Gasteiger partial charge in [-0.1, -0.05) is 102 Å². The third-order valence-corrected chi connectivity index (χ3v) is 8.38. The highest BCUT2D eigenvalue weighted by Crippen LogP contribution is 2.29. The maximum Gasteiger partial charge on any atom is 0.319 e. The molecular formula is C31H46O2S2. The van der Waals surface area contributed by atoms with Crippen molar-refractivity contribution >= 4 is 29.5 Å². The van der Waals surface area contributed by atoms with E-state index >= 15 is 0 Å². The highest BCUT2D eigenvalue weighted by Gasteiger charge is 2.15. The quantitative estimate of drug-likeness (QED) is 0.106. The molecule has 2 rings (SSSR count). The first kappa shape index (κ1) is 29.8. The number of thioether (sulfide) groups is 2. The van der Waals surface area contributed by atoms with E-state index in [1.807, 2.05) is 18.7 Å². The molecule has 2 aromatic rings. The predicted molar refractivity (Wildman–Crippen MR) is 156 cm³/mol. The maximum atomic E-state index is 12.3. The van der Waals surface area contributed by atoms with E-state index in [9.17, 15) is 4.79 Å². The van der Waals surface area contributed by atoms with Gasteiger partial charge in [-0.15, -0.1) is 23.5 Å². The number of carbonyl (C=O) groups is 1. The normalized spacial score (nSPS) is 12.0. The SMILES string of the molecule is CCCCCCCCOC(=O)[C@@H](C)Sc1ccc(-c2ccc(SCCCCCCCC)cc2)cc1. The molecule has 0 amide bonds. The van der Waals surface area contributed by atoms with Gasteiger partial charge in [-0.2, -0.15) is 0 Å². The highest BCUT2D eigenvalue weighted by atomic mass is 32.2. The molecule has 0 fully saturated rings. The van der Waals surface area contributed by atoms with E-state index in [0.29, 0.717) is 6.61 Å². The summed E-state index contributed by atoms with van der Waals surface area (Å²) in [5.41, 5.74) is 2.44. The first-order valence-electron chi connectivity index (χ1n) is 13.8. The Balaban J connectivity index is 1.69. The minimum absolute atomic E-state index is 0.110. The number of unbranched alkanes of at least 4 members (excludes halogenated alkanes) is 10. The molecule has 0 heterocycles. The van der Waals surface area contributed by atoms with E-state index in [-0.39, 0.29) is 11.2 Å². The molecule has 35 heavy (non-hydrogen) atoms. The van der Waals surface area contributed by atoms with E-state index in [0.717, 1.165) is 17.7 Å². The van der Waals surface area contributed by atoms with Gasteiger partial charge in [0.1, 0.15) is 5.25 Å². The molecule has 1 atom stereocenters. The van der Waals surface area contributed by atoms with Gasteiger partial charge in [-0.25, -0.2) is 0 Å². The molecule has 0 spiro atoms. The second-order valence-electron chi connectivity index (χ2n) is 9.36. The first-order valence-corrected chi connectivity index (χ1v) is 15.7. The van der Waals surface area contributed by atoms with Crippen LogP contribution in [0.25, 0.3) is 11.1 Å². The monoisotopic (exact) mass is 514 g/mol. The molecule has 194 valence electrons. The molecule has 0 saturated carbocycles. The summed E-state index contributed by atoms with van der Waals surface area (Å²) in [5.74, 6) is 1.10. The van der Waals surface area contributed by atoms with Crippen molar-refractivity contribution in [3.63, 3.8) is 0 Å². The minimum Gasteiger partial charge on any atom is -0.465 e. The molecule has 2 nitrogen and oxygen atoms in total. The second kappa shape index (κ2) is 18.8. The predicted octanol–water partition coefficient (Wildman–Crippen LogP) is 10.2. The molecule has 0 radical (unpaired) electrons. The first-order chi connectivity index (χ1) is 17.1. The molecule has 0 aliphatic heterocycles. The number of hydrogen-bond donors (Lipinski definition) is 0. The highest BCUT2D eigenvalue weighted by molar-refractivity contribution is 8.00.